The molecule has 0 unspecified atom stereocenters. The van der Waals surface area contributed by atoms with Gasteiger partial charge in [-0.3, -0.25) is 9.78 Å². The molecule has 1 aliphatic heterocycles. The smallest absolute Gasteiger partial charge is 0.407 e. The van der Waals surface area contributed by atoms with E-state index < -0.39 is 23.5 Å². The molecule has 1 atom stereocenters. The van der Waals surface area contributed by atoms with E-state index in [0.29, 0.717) is 31.6 Å². The number of carbonyl (C=O) groups excluding carboxylic acids is 1. The third-order valence-corrected chi connectivity index (χ3v) is 6.98. The summed E-state index contributed by atoms with van der Waals surface area (Å²) < 4.78 is 27.8. The van der Waals surface area contributed by atoms with Gasteiger partial charge < -0.3 is 20.7 Å². The Bertz CT molecular complexity index is 1290. The van der Waals surface area contributed by atoms with Crippen LogP contribution in [0.4, 0.5) is 13.6 Å². The maximum Gasteiger partial charge on any atom is 0.407 e. The molecule has 2 aromatic heterocycles. The molecule has 4 rings (SSSR count). The van der Waals surface area contributed by atoms with Gasteiger partial charge in [-0.2, -0.15) is 9.18 Å². The van der Waals surface area contributed by atoms with Gasteiger partial charge in [-0.1, -0.05) is 32.9 Å². The van der Waals surface area contributed by atoms with Crippen molar-refractivity contribution in [3.63, 3.8) is 0 Å². The van der Waals surface area contributed by atoms with Crippen LogP contribution < -0.4 is 10.7 Å². The van der Waals surface area contributed by atoms with Crippen molar-refractivity contribution in [2.24, 2.45) is 5.41 Å². The van der Waals surface area contributed by atoms with Crippen molar-refractivity contribution in [2.45, 2.75) is 39.2 Å². The number of likely N-dealkylation sites (tertiary alicyclic amines) is 1. The van der Waals surface area contributed by atoms with Gasteiger partial charge in [0.2, 0.25) is 5.95 Å². The summed E-state index contributed by atoms with van der Waals surface area (Å²) in [4.78, 5) is 31.3. The first-order valence-electron chi connectivity index (χ1n) is 12.0. The molecule has 1 saturated heterocycles. The van der Waals surface area contributed by atoms with Crippen LogP contribution in [0.5, 0.6) is 0 Å². The molecule has 196 valence electrons. The van der Waals surface area contributed by atoms with Gasteiger partial charge in [0, 0.05) is 25.8 Å². The number of aromatic nitrogens is 3. The Kier molecular flexibility index (Phi) is 7.15. The van der Waals surface area contributed by atoms with Crippen molar-refractivity contribution in [1.82, 2.24) is 25.1 Å². The molecule has 3 aromatic rings. The highest BCUT2D eigenvalue weighted by atomic mass is 19.1. The number of carboxylic acid groups (broad SMARTS) is 1. The number of hydrogen-bond acceptors (Lipinski definition) is 5. The van der Waals surface area contributed by atoms with E-state index in [0.717, 1.165) is 5.56 Å². The molecule has 1 aliphatic rings. The molecule has 0 spiro atoms. The zero-order valence-electron chi connectivity index (χ0n) is 21.0. The van der Waals surface area contributed by atoms with Crippen LogP contribution in [0.2, 0.25) is 0 Å². The lowest BCUT2D eigenvalue weighted by atomic mass is 9.65. The molecule has 1 fully saturated rings. The van der Waals surface area contributed by atoms with E-state index >= 15 is 0 Å². The van der Waals surface area contributed by atoms with Crippen LogP contribution in [0, 0.1) is 17.2 Å². The molecule has 0 saturated carbocycles. The molecule has 2 amide bonds. The average molecular weight is 513 g/mol. The van der Waals surface area contributed by atoms with E-state index in [1.165, 1.54) is 46.3 Å². The number of amides is 2. The Labute approximate surface area is 213 Å². The SMILES string of the molecule is CC(C)(C)[C@@]1(CNC(=O)c2ccc(-c3cn(NCCc4cccc(F)c4)nc3F)nc2)CCN1C(=O)O. The van der Waals surface area contributed by atoms with E-state index in [4.69, 9.17) is 0 Å². The number of nitrogens with zero attached hydrogens (tertiary/aromatic N) is 4. The van der Waals surface area contributed by atoms with Gasteiger partial charge in [-0.05, 0) is 48.1 Å². The standard InChI is InChI=1S/C26H30F2N6O3/c1-25(2,3)26(10-12-33(26)24(36)37)16-30-23(35)18-7-8-21(29-14-18)20-15-34(32-22(20)28)31-11-9-17-5-4-6-19(27)13-17/h4-8,13-15,31H,9-12,16H2,1-3H3,(H,30,35)(H,36,37)/t26-/m0/s1. The quantitative estimate of drug-likeness (QED) is 0.422. The Balaban J connectivity index is 1.37. The van der Waals surface area contributed by atoms with Gasteiger partial charge >= 0.3 is 6.09 Å². The second kappa shape index (κ2) is 10.2. The summed E-state index contributed by atoms with van der Waals surface area (Å²) in [5.74, 6) is -1.43. The number of hydrogen-bond donors (Lipinski definition) is 3. The van der Waals surface area contributed by atoms with Crippen LogP contribution in [0.25, 0.3) is 11.3 Å². The summed E-state index contributed by atoms with van der Waals surface area (Å²) in [5, 5.41) is 16.2. The summed E-state index contributed by atoms with van der Waals surface area (Å²) in [6.45, 7) is 6.87. The first-order valence-corrected chi connectivity index (χ1v) is 12.0. The topological polar surface area (TPSA) is 112 Å². The highest BCUT2D eigenvalue weighted by Crippen LogP contribution is 2.44. The number of benzene rings is 1. The van der Waals surface area contributed by atoms with E-state index in [1.54, 1.807) is 12.1 Å². The zero-order chi connectivity index (χ0) is 26.8. The molecule has 1 aromatic carbocycles. The maximum atomic E-state index is 14.5. The molecule has 0 bridgehead atoms. The number of nitrogens with one attached hydrogen (secondary N) is 2. The van der Waals surface area contributed by atoms with Crippen LogP contribution in [0.15, 0.2) is 48.8 Å². The minimum absolute atomic E-state index is 0.156. The van der Waals surface area contributed by atoms with E-state index in [9.17, 15) is 23.5 Å². The molecule has 0 aliphatic carbocycles. The molecule has 3 N–H and O–H groups in total. The van der Waals surface area contributed by atoms with Crippen molar-refractivity contribution in [3.05, 3.63) is 71.7 Å². The van der Waals surface area contributed by atoms with Gasteiger partial charge in [-0.15, -0.1) is 5.10 Å². The monoisotopic (exact) mass is 512 g/mol. The Morgan fingerprint density at radius 2 is 1.97 bits per heavy atom. The summed E-state index contributed by atoms with van der Waals surface area (Å²) in [6, 6.07) is 9.31. The first-order chi connectivity index (χ1) is 17.5. The number of carbonyl (C=O) groups is 2. The maximum absolute atomic E-state index is 14.5. The number of pyridine rings is 1. The fraction of sp³-hybridized carbons (Fsp3) is 0.385. The van der Waals surface area contributed by atoms with Crippen LogP contribution >= 0.6 is 0 Å². The Morgan fingerprint density at radius 1 is 1.19 bits per heavy atom. The van der Waals surface area contributed by atoms with E-state index in [2.05, 4.69) is 20.8 Å². The molecule has 3 heterocycles. The van der Waals surface area contributed by atoms with Crippen molar-refractivity contribution in [3.8, 4) is 11.3 Å². The highest BCUT2D eigenvalue weighted by Gasteiger charge is 2.55. The van der Waals surface area contributed by atoms with Crippen molar-refractivity contribution < 1.29 is 23.5 Å². The Morgan fingerprint density at radius 3 is 2.57 bits per heavy atom. The summed E-state index contributed by atoms with van der Waals surface area (Å²) >= 11 is 0. The van der Waals surface area contributed by atoms with Gasteiger partial charge in [-0.25, -0.2) is 9.18 Å². The number of halogens is 2. The van der Waals surface area contributed by atoms with Gasteiger partial charge in [0.05, 0.1) is 28.6 Å². The molecular weight excluding hydrogens is 482 g/mol. The lowest BCUT2D eigenvalue weighted by Gasteiger charge is -2.58. The van der Waals surface area contributed by atoms with Crippen LogP contribution in [0.1, 0.15) is 43.1 Å². The van der Waals surface area contributed by atoms with E-state index in [1.807, 2.05) is 20.8 Å². The summed E-state index contributed by atoms with van der Waals surface area (Å²) in [7, 11) is 0. The first kappa shape index (κ1) is 26.1. The lowest BCUT2D eigenvalue weighted by molar-refractivity contribution is -0.0690. The lowest BCUT2D eigenvalue weighted by Crippen LogP contribution is -2.72. The van der Waals surface area contributed by atoms with Gasteiger partial charge in [0.25, 0.3) is 5.91 Å². The minimum atomic E-state index is -1.01. The fourth-order valence-corrected chi connectivity index (χ4v) is 4.63. The van der Waals surface area contributed by atoms with Crippen molar-refractivity contribution in [2.75, 3.05) is 25.1 Å². The highest BCUT2D eigenvalue weighted by molar-refractivity contribution is 5.94. The molecular formula is C26H30F2N6O3. The van der Waals surface area contributed by atoms with Crippen molar-refractivity contribution >= 4 is 12.0 Å². The predicted octanol–water partition coefficient (Wildman–Crippen LogP) is 3.91. The van der Waals surface area contributed by atoms with E-state index in [-0.39, 0.29) is 28.9 Å². The third-order valence-electron chi connectivity index (χ3n) is 6.98. The normalized spacial score (nSPS) is 17.3. The zero-order valence-corrected chi connectivity index (χ0v) is 21.0. The van der Waals surface area contributed by atoms with Crippen LogP contribution in [-0.2, 0) is 6.42 Å². The minimum Gasteiger partial charge on any atom is -0.465 e. The Hall–Kier alpha value is -4.02. The van der Waals surface area contributed by atoms with Crippen LogP contribution in [-0.4, -0.2) is 62.1 Å². The largest absolute Gasteiger partial charge is 0.465 e. The average Bonchev–Trinajstić information content (AvgIpc) is 3.17. The summed E-state index contributed by atoms with van der Waals surface area (Å²) in [6.07, 6.45) is 2.97. The van der Waals surface area contributed by atoms with Gasteiger partial charge in [0.1, 0.15) is 5.82 Å². The third kappa shape index (κ3) is 5.40. The fourth-order valence-electron chi connectivity index (χ4n) is 4.63. The predicted molar refractivity (Wildman–Crippen MR) is 134 cm³/mol. The molecule has 37 heavy (non-hydrogen) atoms. The molecule has 0 radical (unpaired) electrons. The second-order valence-electron chi connectivity index (χ2n) is 10.1. The van der Waals surface area contributed by atoms with Crippen molar-refractivity contribution in [1.29, 1.82) is 0 Å². The molecule has 11 heteroatoms. The number of rotatable bonds is 8. The second-order valence-corrected chi connectivity index (χ2v) is 10.1. The summed E-state index contributed by atoms with van der Waals surface area (Å²) in [5.41, 5.74) is 3.41. The van der Waals surface area contributed by atoms with Crippen LogP contribution in [0.3, 0.4) is 0 Å². The molecule has 9 nitrogen and oxygen atoms in total. The van der Waals surface area contributed by atoms with Gasteiger partial charge in [0.15, 0.2) is 0 Å².